The maximum atomic E-state index is 12.8. The van der Waals surface area contributed by atoms with E-state index < -0.39 is 5.91 Å². The number of nitrogens with zero attached hydrogens (tertiary/aromatic N) is 3. The Hall–Kier alpha value is -3.50. The minimum absolute atomic E-state index is 0.0380. The minimum atomic E-state index is -0.573. The van der Waals surface area contributed by atoms with Crippen LogP contribution in [0.1, 0.15) is 11.1 Å². The number of nitrogens with one attached hydrogen (secondary N) is 1. The van der Waals surface area contributed by atoms with Crippen LogP contribution in [-0.4, -0.2) is 47.3 Å². The molecular weight excluding hydrogens is 583 g/mol. The molecule has 2 heterocycles. The Morgan fingerprint density at radius 1 is 0.949 bits per heavy atom. The summed E-state index contributed by atoms with van der Waals surface area (Å²) in [6, 6.07) is 17.6. The summed E-state index contributed by atoms with van der Waals surface area (Å²) in [5.74, 6) is 0.915. The van der Waals surface area contributed by atoms with E-state index in [0.717, 1.165) is 0 Å². The van der Waals surface area contributed by atoms with Gasteiger partial charge in [0.2, 0.25) is 5.17 Å². The van der Waals surface area contributed by atoms with Gasteiger partial charge in [0.05, 0.1) is 27.8 Å². The Labute approximate surface area is 243 Å². The van der Waals surface area contributed by atoms with Crippen molar-refractivity contribution in [2.75, 3.05) is 20.3 Å². The highest BCUT2D eigenvalue weighted by atomic mass is 35.5. The van der Waals surface area contributed by atoms with E-state index in [0.29, 0.717) is 32.7 Å². The summed E-state index contributed by atoms with van der Waals surface area (Å²) in [6.45, 7) is 0.443. The molecule has 198 valence electrons. The average molecular weight is 602 g/mol. The molecule has 0 saturated heterocycles. The number of methoxy groups -OCH3 is 1. The van der Waals surface area contributed by atoms with Crippen LogP contribution in [-0.2, 0) is 4.79 Å². The van der Waals surface area contributed by atoms with Gasteiger partial charge in [-0.3, -0.25) is 10.2 Å². The molecule has 0 aliphatic carbocycles. The fraction of sp³-hybridized carbons (Fsp3) is 0.111. The summed E-state index contributed by atoms with van der Waals surface area (Å²) < 4.78 is 16.6. The molecule has 8 nitrogen and oxygen atoms in total. The van der Waals surface area contributed by atoms with Crippen LogP contribution in [0.25, 0.3) is 6.08 Å². The van der Waals surface area contributed by atoms with Gasteiger partial charge in [0.15, 0.2) is 11.6 Å². The minimum Gasteiger partial charge on any atom is -0.497 e. The lowest BCUT2D eigenvalue weighted by Crippen LogP contribution is -2.35. The SMILES string of the molecule is COc1cccc(OCCOc2c(Cl)cc(/C=C3/C(=N)N4N=C(c5ccccc5Cl)SC4=NC3=O)cc2Cl)c1. The molecule has 0 atom stereocenters. The third kappa shape index (κ3) is 5.91. The molecule has 3 aromatic rings. The van der Waals surface area contributed by atoms with E-state index in [9.17, 15) is 4.79 Å². The number of rotatable bonds is 8. The van der Waals surface area contributed by atoms with E-state index in [2.05, 4.69) is 10.1 Å². The van der Waals surface area contributed by atoms with Crippen LogP contribution < -0.4 is 14.2 Å². The number of hydrogen-bond acceptors (Lipinski definition) is 7. The first-order valence-electron chi connectivity index (χ1n) is 11.5. The monoisotopic (exact) mass is 600 g/mol. The summed E-state index contributed by atoms with van der Waals surface area (Å²) in [5.41, 5.74) is 1.23. The van der Waals surface area contributed by atoms with Crippen LogP contribution in [0.2, 0.25) is 15.1 Å². The highest BCUT2D eigenvalue weighted by molar-refractivity contribution is 8.27. The van der Waals surface area contributed by atoms with Gasteiger partial charge in [-0.1, -0.05) is 59.1 Å². The molecule has 0 aromatic heterocycles. The molecule has 0 fully saturated rings. The summed E-state index contributed by atoms with van der Waals surface area (Å²) in [6.07, 6.45) is 1.49. The highest BCUT2D eigenvalue weighted by Crippen LogP contribution is 2.36. The zero-order valence-corrected chi connectivity index (χ0v) is 23.4. The summed E-state index contributed by atoms with van der Waals surface area (Å²) >= 11 is 20.3. The second-order valence-corrected chi connectivity index (χ2v) is 10.3. The van der Waals surface area contributed by atoms with Crippen LogP contribution in [0.15, 0.2) is 76.3 Å². The standard InChI is InChI=1S/C27H19Cl3N4O4S/c1-36-16-5-4-6-17(14-16)37-9-10-38-23-21(29)12-15(13-22(23)30)11-19-24(31)34-27(32-25(19)35)39-26(33-34)18-7-2-3-8-20(18)28/h2-8,11-14,31H,9-10H2,1H3/b19-11-,31-24?. The fourth-order valence-electron chi connectivity index (χ4n) is 3.70. The van der Waals surface area contributed by atoms with Crippen molar-refractivity contribution in [3.05, 3.63) is 92.4 Å². The Kier molecular flexibility index (Phi) is 8.13. The normalized spacial score (nSPS) is 15.7. The van der Waals surface area contributed by atoms with E-state index in [1.807, 2.05) is 36.4 Å². The van der Waals surface area contributed by atoms with E-state index in [1.54, 1.807) is 31.4 Å². The highest BCUT2D eigenvalue weighted by Gasteiger charge is 2.36. The van der Waals surface area contributed by atoms with Crippen molar-refractivity contribution in [3.63, 3.8) is 0 Å². The average Bonchev–Trinajstić information content (AvgIpc) is 3.34. The molecule has 3 aromatic carbocycles. The number of hydrazone groups is 1. The Morgan fingerprint density at radius 3 is 2.41 bits per heavy atom. The number of halogens is 3. The van der Waals surface area contributed by atoms with Crippen LogP contribution in [0.4, 0.5) is 0 Å². The largest absolute Gasteiger partial charge is 0.497 e. The number of fused-ring (bicyclic) bond motifs is 1. The van der Waals surface area contributed by atoms with Gasteiger partial charge < -0.3 is 14.2 Å². The van der Waals surface area contributed by atoms with Gasteiger partial charge >= 0.3 is 0 Å². The quantitative estimate of drug-likeness (QED) is 0.226. The maximum absolute atomic E-state index is 12.8. The number of amidine groups is 2. The predicted molar refractivity (Wildman–Crippen MR) is 156 cm³/mol. The molecular formula is C27H19Cl3N4O4S. The van der Waals surface area contributed by atoms with E-state index in [4.69, 9.17) is 54.4 Å². The summed E-state index contributed by atoms with van der Waals surface area (Å²) in [5, 5.41) is 16.2. The van der Waals surface area contributed by atoms with Crippen LogP contribution in [0.3, 0.4) is 0 Å². The molecule has 39 heavy (non-hydrogen) atoms. The second-order valence-electron chi connectivity index (χ2n) is 8.09. The second kappa shape index (κ2) is 11.7. The fourth-order valence-corrected chi connectivity index (χ4v) is 5.52. The topological polar surface area (TPSA) is 96.6 Å². The first-order valence-corrected chi connectivity index (χ1v) is 13.4. The molecule has 0 bridgehead atoms. The van der Waals surface area contributed by atoms with Gasteiger partial charge in [-0.2, -0.15) is 15.1 Å². The molecule has 0 saturated carbocycles. The molecule has 0 radical (unpaired) electrons. The molecule has 2 aliphatic heterocycles. The van der Waals surface area contributed by atoms with Gasteiger partial charge in [0.1, 0.15) is 29.8 Å². The number of thioether (sulfide) groups is 1. The third-order valence-corrected chi connectivity index (χ3v) is 7.36. The zero-order valence-electron chi connectivity index (χ0n) is 20.3. The number of hydrogen-bond donors (Lipinski definition) is 1. The van der Waals surface area contributed by atoms with Crippen LogP contribution in [0.5, 0.6) is 17.2 Å². The van der Waals surface area contributed by atoms with E-state index >= 15 is 0 Å². The number of benzene rings is 3. The maximum Gasteiger partial charge on any atom is 0.283 e. The lowest BCUT2D eigenvalue weighted by Gasteiger charge is -2.20. The smallest absolute Gasteiger partial charge is 0.283 e. The lowest BCUT2D eigenvalue weighted by atomic mass is 10.1. The number of carbonyl (C=O) groups excluding carboxylic acids is 1. The Bertz CT molecular complexity index is 1550. The lowest BCUT2D eigenvalue weighted by molar-refractivity contribution is -0.114. The number of ether oxygens (including phenoxy) is 3. The van der Waals surface area contributed by atoms with Crippen molar-refractivity contribution >= 4 is 74.6 Å². The van der Waals surface area contributed by atoms with Gasteiger partial charge in [0.25, 0.3) is 5.91 Å². The van der Waals surface area contributed by atoms with Crippen LogP contribution in [0, 0.1) is 5.41 Å². The molecule has 2 aliphatic rings. The zero-order chi connectivity index (χ0) is 27.5. The van der Waals surface area contributed by atoms with E-state index in [1.165, 1.54) is 22.8 Å². The number of aliphatic imine (C=N–C) groups is 1. The van der Waals surface area contributed by atoms with Crippen molar-refractivity contribution in [2.45, 2.75) is 0 Å². The molecule has 12 heteroatoms. The van der Waals surface area contributed by atoms with Gasteiger partial charge in [-0.05, 0) is 53.7 Å². The van der Waals surface area contributed by atoms with Crippen molar-refractivity contribution in [1.29, 1.82) is 5.41 Å². The number of amides is 1. The van der Waals surface area contributed by atoms with Crippen molar-refractivity contribution in [1.82, 2.24) is 5.01 Å². The Balaban J connectivity index is 1.29. The van der Waals surface area contributed by atoms with Crippen molar-refractivity contribution in [3.8, 4) is 17.2 Å². The first kappa shape index (κ1) is 27.1. The van der Waals surface area contributed by atoms with Crippen LogP contribution >= 0.6 is 46.6 Å². The molecule has 5 rings (SSSR count). The van der Waals surface area contributed by atoms with Gasteiger partial charge in [-0.25, -0.2) is 0 Å². The summed E-state index contributed by atoms with van der Waals surface area (Å²) in [7, 11) is 1.58. The van der Waals surface area contributed by atoms with Gasteiger partial charge in [0, 0.05) is 11.6 Å². The number of carbonyl (C=O) groups is 1. The molecule has 1 N–H and O–H groups in total. The predicted octanol–water partition coefficient (Wildman–Crippen LogP) is 6.78. The first-order chi connectivity index (χ1) is 18.8. The van der Waals surface area contributed by atoms with E-state index in [-0.39, 0.29) is 45.6 Å². The molecule has 0 unspecified atom stereocenters. The Morgan fingerprint density at radius 2 is 1.67 bits per heavy atom. The summed E-state index contributed by atoms with van der Waals surface area (Å²) in [4.78, 5) is 16.9. The van der Waals surface area contributed by atoms with Crippen molar-refractivity contribution < 1.29 is 19.0 Å². The van der Waals surface area contributed by atoms with Gasteiger partial charge in [-0.15, -0.1) is 0 Å². The third-order valence-electron chi connectivity index (χ3n) is 5.53. The molecule has 0 spiro atoms. The van der Waals surface area contributed by atoms with Crippen molar-refractivity contribution in [2.24, 2.45) is 10.1 Å². The molecule has 1 amide bonds.